The molecule has 5 aromatic rings. The summed E-state index contributed by atoms with van der Waals surface area (Å²) in [5, 5.41) is 7.97. The van der Waals surface area contributed by atoms with E-state index >= 15 is 0 Å². The molecule has 8 nitrogen and oxygen atoms in total. The molecule has 0 spiro atoms. The zero-order valence-electron chi connectivity index (χ0n) is 20.7. The summed E-state index contributed by atoms with van der Waals surface area (Å²) < 4.78 is 12.6. The topological polar surface area (TPSA) is 76.8 Å². The average molecular weight is 493 g/mol. The van der Waals surface area contributed by atoms with Gasteiger partial charge in [-0.15, -0.1) is 5.10 Å². The molecule has 1 aliphatic rings. The highest BCUT2D eigenvalue weighted by molar-refractivity contribution is 5.66. The fourth-order valence-electron chi connectivity index (χ4n) is 4.50. The first-order chi connectivity index (χ1) is 18.2. The molecule has 1 saturated heterocycles. The molecule has 8 heteroatoms. The van der Waals surface area contributed by atoms with Gasteiger partial charge in [0.2, 0.25) is 5.95 Å². The highest BCUT2D eigenvalue weighted by atomic mass is 16.5. The number of nitrogens with zero attached hydrogens (tertiary/aromatic N) is 5. The Balaban J connectivity index is 1.16. The smallest absolute Gasteiger partial charge is 0.247 e. The Morgan fingerprint density at radius 1 is 0.892 bits per heavy atom. The molecule has 1 aliphatic heterocycles. The minimum atomic E-state index is 0.517. The summed E-state index contributed by atoms with van der Waals surface area (Å²) in [7, 11) is 1.66. The van der Waals surface area contributed by atoms with Crippen molar-refractivity contribution in [2.24, 2.45) is 0 Å². The van der Waals surface area contributed by atoms with Crippen LogP contribution in [0, 0.1) is 0 Å². The fourth-order valence-corrected chi connectivity index (χ4v) is 4.50. The van der Waals surface area contributed by atoms with Gasteiger partial charge in [0.25, 0.3) is 0 Å². The van der Waals surface area contributed by atoms with E-state index in [2.05, 4.69) is 49.5 Å². The van der Waals surface area contributed by atoms with Crippen LogP contribution < -0.4 is 10.1 Å². The van der Waals surface area contributed by atoms with Crippen LogP contribution in [0.5, 0.6) is 5.75 Å². The largest absolute Gasteiger partial charge is 0.497 e. The van der Waals surface area contributed by atoms with Gasteiger partial charge in [0.05, 0.1) is 43.6 Å². The second kappa shape index (κ2) is 10.4. The van der Waals surface area contributed by atoms with Crippen LogP contribution in [-0.4, -0.2) is 57.9 Å². The number of morpholine rings is 1. The third-order valence-electron chi connectivity index (χ3n) is 6.52. The Morgan fingerprint density at radius 2 is 1.68 bits per heavy atom. The lowest BCUT2D eigenvalue weighted by Crippen LogP contribution is -2.35. The van der Waals surface area contributed by atoms with E-state index in [1.807, 2.05) is 65.3 Å². The number of hydrogen-bond donors (Lipinski definition) is 1. The number of benzene rings is 2. The first-order valence-corrected chi connectivity index (χ1v) is 12.4. The monoisotopic (exact) mass is 492 g/mol. The van der Waals surface area contributed by atoms with Gasteiger partial charge in [-0.05, 0) is 54.1 Å². The molecule has 3 aromatic heterocycles. The third kappa shape index (κ3) is 5.16. The van der Waals surface area contributed by atoms with Gasteiger partial charge in [-0.3, -0.25) is 9.88 Å². The lowest BCUT2D eigenvalue weighted by atomic mass is 10.1. The summed E-state index contributed by atoms with van der Waals surface area (Å²) in [5.41, 5.74) is 6.89. The van der Waals surface area contributed by atoms with Gasteiger partial charge in [0, 0.05) is 30.8 Å². The van der Waals surface area contributed by atoms with Crippen LogP contribution in [0.4, 0.5) is 11.6 Å². The quantitative estimate of drug-likeness (QED) is 0.341. The molecule has 0 atom stereocenters. The van der Waals surface area contributed by atoms with Crippen molar-refractivity contribution in [3.05, 3.63) is 90.6 Å². The Morgan fingerprint density at radius 3 is 2.41 bits per heavy atom. The summed E-state index contributed by atoms with van der Waals surface area (Å²) in [6, 6.07) is 26.5. The van der Waals surface area contributed by atoms with Crippen LogP contribution in [0.3, 0.4) is 0 Å². The zero-order valence-corrected chi connectivity index (χ0v) is 20.7. The minimum absolute atomic E-state index is 0.517. The molecule has 1 N–H and O–H groups in total. The molecule has 0 bridgehead atoms. The summed E-state index contributed by atoms with van der Waals surface area (Å²) in [6.07, 6.45) is 1.81. The van der Waals surface area contributed by atoms with E-state index in [0.717, 1.165) is 72.4 Å². The Labute approximate surface area is 215 Å². The van der Waals surface area contributed by atoms with Crippen molar-refractivity contribution in [1.29, 1.82) is 0 Å². The molecule has 0 radical (unpaired) electrons. The van der Waals surface area contributed by atoms with Crippen molar-refractivity contribution >= 4 is 17.3 Å². The van der Waals surface area contributed by atoms with Crippen LogP contribution in [0.1, 0.15) is 5.56 Å². The third-order valence-corrected chi connectivity index (χ3v) is 6.52. The summed E-state index contributed by atoms with van der Waals surface area (Å²) >= 11 is 0. The second-order valence-corrected chi connectivity index (χ2v) is 8.99. The van der Waals surface area contributed by atoms with Gasteiger partial charge < -0.3 is 14.8 Å². The second-order valence-electron chi connectivity index (χ2n) is 8.99. The molecular formula is C29H28N6O2. The molecular weight excluding hydrogens is 464 g/mol. The van der Waals surface area contributed by atoms with E-state index in [0.29, 0.717) is 5.95 Å². The summed E-state index contributed by atoms with van der Waals surface area (Å²) in [5.74, 6) is 1.33. The van der Waals surface area contributed by atoms with E-state index in [4.69, 9.17) is 9.47 Å². The summed E-state index contributed by atoms with van der Waals surface area (Å²) in [4.78, 5) is 11.7. The number of pyridine rings is 2. The van der Waals surface area contributed by atoms with Crippen molar-refractivity contribution in [3.8, 4) is 28.3 Å². The van der Waals surface area contributed by atoms with Crippen molar-refractivity contribution in [1.82, 2.24) is 24.5 Å². The zero-order chi connectivity index (χ0) is 25.0. The molecule has 0 unspecified atom stereocenters. The van der Waals surface area contributed by atoms with E-state index in [1.54, 1.807) is 7.11 Å². The van der Waals surface area contributed by atoms with Crippen molar-refractivity contribution in [3.63, 3.8) is 0 Å². The van der Waals surface area contributed by atoms with Crippen molar-refractivity contribution in [2.45, 2.75) is 6.54 Å². The average Bonchev–Trinajstić information content (AvgIpc) is 3.37. The molecule has 0 aliphatic carbocycles. The molecule has 1 fully saturated rings. The van der Waals surface area contributed by atoms with Gasteiger partial charge in [-0.1, -0.05) is 30.3 Å². The normalized spacial score (nSPS) is 14.1. The standard InChI is InChI=1S/C29H28N6O2/c1-36-25-12-9-23(10-13-25)27-3-2-4-28-32-29(33-35(27)28)31-24-11-14-26(30-19-24)22-7-5-21(6-8-22)20-34-15-17-37-18-16-34/h2-14,19H,15-18,20H2,1H3,(H,31,33). The Bertz CT molecular complexity index is 1470. The number of ether oxygens (including phenoxy) is 2. The van der Waals surface area contributed by atoms with Gasteiger partial charge >= 0.3 is 0 Å². The molecule has 0 saturated carbocycles. The lowest BCUT2D eigenvalue weighted by Gasteiger charge is -2.26. The highest BCUT2D eigenvalue weighted by Crippen LogP contribution is 2.25. The lowest BCUT2D eigenvalue weighted by molar-refractivity contribution is 0.0342. The Kier molecular flexibility index (Phi) is 6.49. The van der Waals surface area contributed by atoms with Gasteiger partial charge in [0.15, 0.2) is 5.65 Å². The molecule has 186 valence electrons. The van der Waals surface area contributed by atoms with Crippen LogP contribution in [-0.2, 0) is 11.3 Å². The number of fused-ring (bicyclic) bond motifs is 1. The molecule has 37 heavy (non-hydrogen) atoms. The van der Waals surface area contributed by atoms with Crippen LogP contribution in [0.15, 0.2) is 85.1 Å². The first kappa shape index (κ1) is 23.1. The van der Waals surface area contributed by atoms with E-state index < -0.39 is 0 Å². The van der Waals surface area contributed by atoms with E-state index in [-0.39, 0.29) is 0 Å². The number of rotatable bonds is 7. The van der Waals surface area contributed by atoms with Crippen LogP contribution in [0.2, 0.25) is 0 Å². The number of hydrogen-bond acceptors (Lipinski definition) is 7. The number of aromatic nitrogens is 4. The van der Waals surface area contributed by atoms with E-state index in [9.17, 15) is 0 Å². The Hall–Kier alpha value is -4.27. The maximum Gasteiger partial charge on any atom is 0.247 e. The number of anilines is 2. The van der Waals surface area contributed by atoms with Crippen LogP contribution >= 0.6 is 0 Å². The predicted octanol–water partition coefficient (Wildman–Crippen LogP) is 5.04. The van der Waals surface area contributed by atoms with E-state index in [1.165, 1.54) is 5.56 Å². The van der Waals surface area contributed by atoms with Gasteiger partial charge in [0.1, 0.15) is 5.75 Å². The first-order valence-electron chi connectivity index (χ1n) is 12.4. The number of methoxy groups -OCH3 is 1. The molecule has 4 heterocycles. The fraction of sp³-hybridized carbons (Fsp3) is 0.207. The van der Waals surface area contributed by atoms with Crippen molar-refractivity contribution < 1.29 is 9.47 Å². The maximum absolute atomic E-state index is 5.44. The van der Waals surface area contributed by atoms with Crippen LogP contribution in [0.25, 0.3) is 28.2 Å². The highest BCUT2D eigenvalue weighted by Gasteiger charge is 2.12. The maximum atomic E-state index is 5.44. The number of nitrogens with one attached hydrogen (secondary N) is 1. The minimum Gasteiger partial charge on any atom is -0.497 e. The molecule has 2 aromatic carbocycles. The SMILES string of the molecule is COc1ccc(-c2cccc3nc(Nc4ccc(-c5ccc(CN6CCOCC6)cc5)nc4)nn23)cc1. The van der Waals surface area contributed by atoms with Gasteiger partial charge in [-0.25, -0.2) is 4.52 Å². The van der Waals surface area contributed by atoms with Crippen molar-refractivity contribution in [2.75, 3.05) is 38.7 Å². The predicted molar refractivity (Wildman–Crippen MR) is 144 cm³/mol. The molecule has 0 amide bonds. The summed E-state index contributed by atoms with van der Waals surface area (Å²) in [6.45, 7) is 4.56. The van der Waals surface area contributed by atoms with Gasteiger partial charge in [-0.2, -0.15) is 4.98 Å². The molecule has 6 rings (SSSR count).